The van der Waals surface area contributed by atoms with E-state index in [2.05, 4.69) is 25.6 Å². The summed E-state index contributed by atoms with van der Waals surface area (Å²) in [7, 11) is 0. The topological polar surface area (TPSA) is 67.3 Å². The lowest BCUT2D eigenvalue weighted by molar-refractivity contribution is 0.881. The van der Waals surface area contributed by atoms with Crippen LogP contribution >= 0.6 is 23.2 Å². The molecule has 7 heteroatoms. The van der Waals surface area contributed by atoms with Crippen molar-refractivity contribution in [3.05, 3.63) is 58.8 Å². The average Bonchev–Trinajstić information content (AvgIpc) is 2.98. The Balaban J connectivity index is 0.000000186. The molecule has 0 saturated carbocycles. The van der Waals surface area contributed by atoms with Crippen LogP contribution in [0.1, 0.15) is 0 Å². The third kappa shape index (κ3) is 3.74. The first-order chi connectivity index (χ1) is 9.29. The predicted molar refractivity (Wildman–Crippen MR) is 73.9 cm³/mol. The third-order valence-electron chi connectivity index (χ3n) is 2.12. The summed E-state index contributed by atoms with van der Waals surface area (Å²) >= 11 is 11.8. The molecule has 0 saturated heterocycles. The van der Waals surface area contributed by atoms with E-state index in [0.29, 0.717) is 21.4 Å². The number of aromatic amines is 1. The van der Waals surface area contributed by atoms with Crippen LogP contribution in [0.4, 0.5) is 0 Å². The van der Waals surface area contributed by atoms with E-state index in [1.54, 1.807) is 30.6 Å². The number of halogens is 2. The third-order valence-corrected chi connectivity index (χ3v) is 2.94. The second-order valence-corrected chi connectivity index (χ2v) is 4.16. The zero-order valence-corrected chi connectivity index (χ0v) is 11.2. The maximum atomic E-state index is 5.94. The van der Waals surface area contributed by atoms with Crippen molar-refractivity contribution in [3.63, 3.8) is 0 Å². The van der Waals surface area contributed by atoms with E-state index >= 15 is 0 Å². The van der Waals surface area contributed by atoms with E-state index in [4.69, 9.17) is 23.2 Å². The summed E-state index contributed by atoms with van der Waals surface area (Å²) in [5.41, 5.74) is 0.694. The van der Waals surface area contributed by atoms with Crippen molar-refractivity contribution >= 4 is 23.2 Å². The second kappa shape index (κ2) is 6.82. The molecule has 0 amide bonds. The summed E-state index contributed by atoms with van der Waals surface area (Å²) in [5.74, 6) is 0.507. The Morgan fingerprint density at radius 3 is 2.26 bits per heavy atom. The van der Waals surface area contributed by atoms with Crippen LogP contribution in [0, 0.1) is 0 Å². The molecule has 2 aromatic heterocycles. The maximum absolute atomic E-state index is 5.94. The summed E-state index contributed by atoms with van der Waals surface area (Å²) in [5, 5.41) is 14.2. The van der Waals surface area contributed by atoms with Crippen molar-refractivity contribution in [2.45, 2.75) is 0 Å². The summed E-state index contributed by atoms with van der Waals surface area (Å²) in [6, 6.07) is 11.0. The molecule has 3 aromatic rings. The van der Waals surface area contributed by atoms with Crippen LogP contribution in [0.15, 0.2) is 48.8 Å². The summed E-state index contributed by atoms with van der Waals surface area (Å²) in [4.78, 5) is 3.78. The molecule has 19 heavy (non-hydrogen) atoms. The highest BCUT2D eigenvalue weighted by Crippen LogP contribution is 2.30. The molecule has 96 valence electrons. The normalized spacial score (nSPS) is 9.58. The first-order valence-corrected chi connectivity index (χ1v) is 6.07. The van der Waals surface area contributed by atoms with Gasteiger partial charge < -0.3 is 0 Å². The van der Waals surface area contributed by atoms with Crippen LogP contribution in [0.25, 0.3) is 11.4 Å². The molecule has 0 aliphatic heterocycles. The number of H-pyrrole nitrogens is 1. The first kappa shape index (κ1) is 13.5. The molecule has 0 fully saturated rings. The molecular weight excluding hydrogens is 285 g/mol. The Morgan fingerprint density at radius 2 is 1.74 bits per heavy atom. The fourth-order valence-electron chi connectivity index (χ4n) is 1.27. The van der Waals surface area contributed by atoms with Crippen molar-refractivity contribution < 1.29 is 0 Å². The molecule has 0 bridgehead atoms. The van der Waals surface area contributed by atoms with Gasteiger partial charge in [-0.05, 0) is 34.7 Å². The highest BCUT2D eigenvalue weighted by Gasteiger charge is 2.08. The molecule has 1 aromatic carbocycles. The largest absolute Gasteiger partial charge is 0.265 e. The number of nitrogens with one attached hydrogen (secondary N) is 1. The van der Waals surface area contributed by atoms with Gasteiger partial charge in [-0.1, -0.05) is 35.3 Å². The number of pyridine rings is 1. The Morgan fingerprint density at radius 1 is 0.947 bits per heavy atom. The quantitative estimate of drug-likeness (QED) is 0.748. The maximum Gasteiger partial charge on any atom is 0.180 e. The first-order valence-electron chi connectivity index (χ1n) is 5.32. The number of tetrazole rings is 1. The average molecular weight is 294 g/mol. The fraction of sp³-hybridized carbons (Fsp3) is 0. The Hall–Kier alpha value is -1.98. The van der Waals surface area contributed by atoms with Crippen molar-refractivity contribution in [3.8, 4) is 11.4 Å². The van der Waals surface area contributed by atoms with Crippen LogP contribution < -0.4 is 0 Å². The number of rotatable bonds is 1. The van der Waals surface area contributed by atoms with E-state index < -0.39 is 0 Å². The number of benzene rings is 1. The van der Waals surface area contributed by atoms with Crippen molar-refractivity contribution in [1.29, 1.82) is 0 Å². The van der Waals surface area contributed by atoms with Gasteiger partial charge >= 0.3 is 0 Å². The summed E-state index contributed by atoms with van der Waals surface area (Å²) < 4.78 is 0. The van der Waals surface area contributed by atoms with Gasteiger partial charge in [-0.3, -0.25) is 4.98 Å². The summed E-state index contributed by atoms with van der Waals surface area (Å²) in [6.07, 6.45) is 3.50. The van der Waals surface area contributed by atoms with Crippen LogP contribution in [0.5, 0.6) is 0 Å². The number of nitrogens with zero attached hydrogens (tertiary/aromatic N) is 4. The van der Waals surface area contributed by atoms with Gasteiger partial charge in [-0.15, -0.1) is 5.10 Å². The zero-order valence-electron chi connectivity index (χ0n) is 9.66. The minimum Gasteiger partial charge on any atom is -0.265 e. The number of hydrogen-bond donors (Lipinski definition) is 1. The standard InChI is InChI=1S/C7H4Cl2N4.C5H5N/c8-5-3-1-2-4(6(5)9)7-10-12-13-11-7;1-2-4-6-5-3-1/h1-3H,(H,10,11,12,13);1-5H. The smallest absolute Gasteiger partial charge is 0.180 e. The van der Waals surface area contributed by atoms with Gasteiger partial charge in [0.25, 0.3) is 0 Å². The van der Waals surface area contributed by atoms with Gasteiger partial charge in [0.15, 0.2) is 5.82 Å². The van der Waals surface area contributed by atoms with Crippen LogP contribution in [-0.4, -0.2) is 25.6 Å². The lowest BCUT2D eigenvalue weighted by Gasteiger charge is -1.99. The molecule has 0 radical (unpaired) electrons. The van der Waals surface area contributed by atoms with Gasteiger partial charge in [-0.25, -0.2) is 5.10 Å². The van der Waals surface area contributed by atoms with Crippen molar-refractivity contribution in [2.75, 3.05) is 0 Å². The number of aromatic nitrogens is 5. The Labute approximate surface area is 119 Å². The molecule has 2 heterocycles. The highest BCUT2D eigenvalue weighted by molar-refractivity contribution is 6.43. The molecule has 5 nitrogen and oxygen atoms in total. The van der Waals surface area contributed by atoms with Crippen LogP contribution in [-0.2, 0) is 0 Å². The molecule has 0 aliphatic rings. The predicted octanol–water partition coefficient (Wildman–Crippen LogP) is 3.26. The van der Waals surface area contributed by atoms with Gasteiger partial charge in [0.2, 0.25) is 0 Å². The van der Waals surface area contributed by atoms with E-state index in [1.807, 2.05) is 18.2 Å². The Kier molecular flexibility index (Phi) is 4.83. The minimum absolute atomic E-state index is 0.447. The molecule has 0 unspecified atom stereocenters. The molecule has 0 aliphatic carbocycles. The minimum atomic E-state index is 0.447. The van der Waals surface area contributed by atoms with Gasteiger partial charge in [0, 0.05) is 18.0 Å². The molecule has 3 rings (SSSR count). The van der Waals surface area contributed by atoms with E-state index in [9.17, 15) is 0 Å². The molecular formula is C12H9Cl2N5. The van der Waals surface area contributed by atoms with Gasteiger partial charge in [0.05, 0.1) is 10.0 Å². The monoisotopic (exact) mass is 293 g/mol. The van der Waals surface area contributed by atoms with Crippen LogP contribution in [0.3, 0.4) is 0 Å². The SMILES string of the molecule is Clc1cccc(-c2nnn[nH]2)c1Cl.c1ccncc1. The van der Waals surface area contributed by atoms with E-state index in [0.717, 1.165) is 0 Å². The second-order valence-electron chi connectivity index (χ2n) is 3.38. The van der Waals surface area contributed by atoms with Crippen molar-refractivity contribution in [2.24, 2.45) is 0 Å². The van der Waals surface area contributed by atoms with E-state index in [-0.39, 0.29) is 0 Å². The zero-order chi connectivity index (χ0) is 13.5. The number of hydrogen-bond acceptors (Lipinski definition) is 4. The Bertz CT molecular complexity index is 587. The molecule has 1 N–H and O–H groups in total. The lowest BCUT2D eigenvalue weighted by atomic mass is 10.2. The van der Waals surface area contributed by atoms with E-state index in [1.165, 1.54) is 0 Å². The van der Waals surface area contributed by atoms with Gasteiger partial charge in [0.1, 0.15) is 0 Å². The summed E-state index contributed by atoms with van der Waals surface area (Å²) in [6.45, 7) is 0. The fourth-order valence-corrected chi connectivity index (χ4v) is 1.66. The van der Waals surface area contributed by atoms with Crippen LogP contribution in [0.2, 0.25) is 10.0 Å². The van der Waals surface area contributed by atoms with Crippen molar-refractivity contribution in [1.82, 2.24) is 25.6 Å². The highest BCUT2D eigenvalue weighted by atomic mass is 35.5. The van der Waals surface area contributed by atoms with Gasteiger partial charge in [-0.2, -0.15) is 0 Å². The molecule has 0 atom stereocenters. The lowest BCUT2D eigenvalue weighted by Crippen LogP contribution is -1.82. The molecule has 0 spiro atoms.